The van der Waals surface area contributed by atoms with Gasteiger partial charge in [0.1, 0.15) is 12.3 Å². The molecule has 0 spiro atoms. The Morgan fingerprint density at radius 3 is 2.52 bits per heavy atom. The quantitative estimate of drug-likeness (QED) is 0.500. The largest absolute Gasteiger partial charge is 0.482 e. The maximum atomic E-state index is 13.2. The summed E-state index contributed by atoms with van der Waals surface area (Å²) in [7, 11) is -3.72. The number of nitrogens with one attached hydrogen (secondary N) is 1. The van der Waals surface area contributed by atoms with Gasteiger partial charge in [-0.15, -0.1) is 0 Å². The van der Waals surface area contributed by atoms with Gasteiger partial charge in [-0.05, 0) is 50.8 Å². The second-order valence-electron chi connectivity index (χ2n) is 8.13. The normalized spacial score (nSPS) is 17.7. The minimum Gasteiger partial charge on any atom is -0.482 e. The Bertz CT molecular complexity index is 939. The summed E-state index contributed by atoms with van der Waals surface area (Å²) in [6.45, 7) is 7.19. The molecule has 1 fully saturated rings. The zero-order chi connectivity index (χ0) is 24.0. The number of fused-ring (bicyclic) bond motifs is 1. The van der Waals surface area contributed by atoms with Crippen LogP contribution < -0.4 is 15.0 Å². The number of rotatable bonds is 10. The molecule has 3 rings (SSSR count). The van der Waals surface area contributed by atoms with Gasteiger partial charge in [-0.2, -0.15) is 4.31 Å². The fourth-order valence-electron chi connectivity index (χ4n) is 3.82. The van der Waals surface area contributed by atoms with E-state index in [1.165, 1.54) is 27.4 Å². The van der Waals surface area contributed by atoms with Gasteiger partial charge in [0.05, 0.1) is 17.1 Å². The van der Waals surface area contributed by atoms with Gasteiger partial charge in [0.25, 0.3) is 5.91 Å². The number of hydrogen-bond donors (Lipinski definition) is 1. The van der Waals surface area contributed by atoms with Crippen LogP contribution in [0.3, 0.4) is 0 Å². The molecule has 0 aromatic heterocycles. The maximum absolute atomic E-state index is 13.2. The number of amides is 2. The molecule has 0 atom stereocenters. The molecule has 0 aliphatic carbocycles. The van der Waals surface area contributed by atoms with E-state index in [1.807, 2.05) is 13.8 Å². The highest BCUT2D eigenvalue weighted by molar-refractivity contribution is 7.89. The van der Waals surface area contributed by atoms with E-state index >= 15 is 0 Å². The second-order valence-corrected chi connectivity index (χ2v) is 10.1. The Labute approximate surface area is 195 Å². The average molecular weight is 484 g/mol. The van der Waals surface area contributed by atoms with Gasteiger partial charge in [-0.3, -0.25) is 14.5 Å². The van der Waals surface area contributed by atoms with Crippen LogP contribution >= 0.6 is 0 Å². The van der Waals surface area contributed by atoms with Gasteiger partial charge >= 0.3 is 0 Å². The summed E-state index contributed by atoms with van der Waals surface area (Å²) in [5.41, 5.74) is 0.263. The number of piperidine rings is 1. The number of hydrogen-bond acceptors (Lipinski definition) is 7. The van der Waals surface area contributed by atoms with Crippen LogP contribution in [-0.2, 0) is 29.1 Å². The highest BCUT2D eigenvalue weighted by atomic mass is 32.2. The number of carbonyl (C=O) groups is 2. The fraction of sp³-hybridized carbons (Fsp3) is 0.636. The lowest BCUT2D eigenvalue weighted by atomic mass is 10.0. The van der Waals surface area contributed by atoms with E-state index in [0.29, 0.717) is 38.0 Å². The molecule has 2 heterocycles. The third kappa shape index (κ3) is 6.23. The average Bonchev–Trinajstić information content (AvgIpc) is 2.79. The molecule has 1 aromatic rings. The van der Waals surface area contributed by atoms with E-state index in [0.717, 1.165) is 12.8 Å². The monoisotopic (exact) mass is 483 g/mol. The predicted molar refractivity (Wildman–Crippen MR) is 121 cm³/mol. The molecule has 184 valence electrons. The second kappa shape index (κ2) is 11.3. The molecule has 2 aliphatic heterocycles. The molecule has 0 saturated carbocycles. The van der Waals surface area contributed by atoms with Crippen molar-refractivity contribution in [2.45, 2.75) is 44.8 Å². The minimum absolute atomic E-state index is 0.0762. The van der Waals surface area contributed by atoms with Crippen LogP contribution in [0.4, 0.5) is 5.69 Å². The highest BCUT2D eigenvalue weighted by Crippen LogP contribution is 2.35. The van der Waals surface area contributed by atoms with Crippen LogP contribution in [0.2, 0.25) is 0 Å². The van der Waals surface area contributed by atoms with E-state index in [4.69, 9.17) is 14.2 Å². The summed E-state index contributed by atoms with van der Waals surface area (Å²) in [5, 5.41) is 2.70. The smallest absolute Gasteiger partial charge is 0.265 e. The van der Waals surface area contributed by atoms with Gasteiger partial charge in [-0.25, -0.2) is 8.42 Å². The van der Waals surface area contributed by atoms with Crippen molar-refractivity contribution < 1.29 is 32.2 Å². The molecule has 0 unspecified atom stereocenters. The lowest BCUT2D eigenvalue weighted by Gasteiger charge is -2.31. The van der Waals surface area contributed by atoms with Gasteiger partial charge in [0.15, 0.2) is 12.9 Å². The van der Waals surface area contributed by atoms with Gasteiger partial charge in [0.2, 0.25) is 15.9 Å². The number of ether oxygens (including phenoxy) is 3. The van der Waals surface area contributed by atoms with Crippen molar-refractivity contribution in [1.29, 1.82) is 0 Å². The van der Waals surface area contributed by atoms with Crippen molar-refractivity contribution in [3.63, 3.8) is 0 Å². The Morgan fingerprint density at radius 1 is 1.21 bits per heavy atom. The summed E-state index contributed by atoms with van der Waals surface area (Å²) in [6.07, 6.45) is 1.03. The Morgan fingerprint density at radius 2 is 1.88 bits per heavy atom. The van der Waals surface area contributed by atoms with E-state index in [2.05, 4.69) is 12.2 Å². The van der Waals surface area contributed by atoms with Crippen molar-refractivity contribution in [1.82, 2.24) is 9.62 Å². The molecular formula is C22H33N3O7S. The van der Waals surface area contributed by atoms with E-state index in [1.54, 1.807) is 0 Å². The molecule has 0 bridgehead atoms. The number of anilines is 1. The molecule has 10 nitrogen and oxygen atoms in total. The van der Waals surface area contributed by atoms with E-state index < -0.39 is 28.1 Å². The third-order valence-corrected chi connectivity index (χ3v) is 7.62. The topological polar surface area (TPSA) is 114 Å². The SMILES string of the molecule is CCOC(CNC(=O)CN1C(=O)COc2ccc(S(=O)(=O)N3CCC(C)CC3)cc21)OCC. The first-order chi connectivity index (χ1) is 15.8. The van der Waals surface area contributed by atoms with Gasteiger partial charge in [0, 0.05) is 26.3 Å². The third-order valence-electron chi connectivity index (χ3n) is 5.73. The van der Waals surface area contributed by atoms with E-state index in [9.17, 15) is 18.0 Å². The minimum atomic E-state index is -3.72. The van der Waals surface area contributed by atoms with Crippen LogP contribution in [0.25, 0.3) is 0 Å². The number of sulfonamides is 1. The highest BCUT2D eigenvalue weighted by Gasteiger charge is 2.32. The number of nitrogens with zero attached hydrogens (tertiary/aromatic N) is 2. The van der Waals surface area contributed by atoms with Crippen molar-refractivity contribution >= 4 is 27.5 Å². The summed E-state index contributed by atoms with van der Waals surface area (Å²) in [5.74, 6) is 0.00392. The fourth-order valence-corrected chi connectivity index (χ4v) is 5.31. The van der Waals surface area contributed by atoms with Crippen molar-refractivity contribution in [3.05, 3.63) is 18.2 Å². The summed E-state index contributed by atoms with van der Waals surface area (Å²) in [6, 6.07) is 4.43. The number of carbonyl (C=O) groups excluding carboxylic acids is 2. The van der Waals surface area contributed by atoms with Crippen LogP contribution in [0, 0.1) is 5.92 Å². The van der Waals surface area contributed by atoms with Crippen LogP contribution in [0.5, 0.6) is 5.75 Å². The summed E-state index contributed by atoms with van der Waals surface area (Å²) >= 11 is 0. The maximum Gasteiger partial charge on any atom is 0.265 e. The van der Waals surface area contributed by atoms with Crippen molar-refractivity contribution in [2.24, 2.45) is 5.92 Å². The molecular weight excluding hydrogens is 450 g/mol. The molecule has 2 aliphatic rings. The van der Waals surface area contributed by atoms with Crippen LogP contribution in [0.1, 0.15) is 33.6 Å². The first-order valence-electron chi connectivity index (χ1n) is 11.3. The molecule has 11 heteroatoms. The zero-order valence-corrected chi connectivity index (χ0v) is 20.2. The van der Waals surface area contributed by atoms with Gasteiger partial charge < -0.3 is 19.5 Å². The molecule has 33 heavy (non-hydrogen) atoms. The lowest BCUT2D eigenvalue weighted by molar-refractivity contribution is -0.140. The molecule has 1 aromatic carbocycles. The molecule has 2 amide bonds. The van der Waals surface area contributed by atoms with Crippen LogP contribution in [-0.4, -0.2) is 76.8 Å². The summed E-state index contributed by atoms with van der Waals surface area (Å²) < 4.78 is 44.1. The molecule has 1 saturated heterocycles. The Balaban J connectivity index is 1.75. The predicted octanol–water partition coefficient (Wildman–Crippen LogP) is 1.35. The zero-order valence-electron chi connectivity index (χ0n) is 19.4. The summed E-state index contributed by atoms with van der Waals surface area (Å²) in [4.78, 5) is 26.4. The Kier molecular flexibility index (Phi) is 8.69. The van der Waals surface area contributed by atoms with E-state index in [-0.39, 0.29) is 30.3 Å². The molecule has 1 N–H and O–H groups in total. The first-order valence-corrected chi connectivity index (χ1v) is 12.8. The molecule has 0 radical (unpaired) electrons. The van der Waals surface area contributed by atoms with Gasteiger partial charge in [-0.1, -0.05) is 6.92 Å². The standard InChI is InChI=1S/C22H33N3O7S/c1-4-30-22(31-5-2)13-23-20(26)14-25-18-12-17(6-7-19(18)32-15-21(25)27)33(28,29)24-10-8-16(3)9-11-24/h6-7,12,16,22H,4-5,8-11,13-15H2,1-3H3,(H,23,26). The first kappa shape index (κ1) is 25.4. The van der Waals surface area contributed by atoms with Crippen LogP contribution in [0.15, 0.2) is 23.1 Å². The Hall–Kier alpha value is -2.21. The van der Waals surface area contributed by atoms with Crippen molar-refractivity contribution in [3.8, 4) is 5.75 Å². The van der Waals surface area contributed by atoms with Crippen molar-refractivity contribution in [2.75, 3.05) is 50.9 Å². The lowest BCUT2D eigenvalue weighted by Crippen LogP contribution is -2.47. The number of benzene rings is 1.